The normalized spacial score (nSPS) is 19.5. The lowest BCUT2D eigenvalue weighted by atomic mass is 10.1. The molecular weight excluding hydrogens is 293 g/mol. The number of rotatable bonds is 2. The van der Waals surface area contributed by atoms with Crippen molar-refractivity contribution in [3.05, 3.63) is 21.9 Å². The summed E-state index contributed by atoms with van der Waals surface area (Å²) in [5.74, 6) is -1.47. The number of hydrogen-bond acceptors (Lipinski definition) is 3. The van der Waals surface area contributed by atoms with Gasteiger partial charge in [0, 0.05) is 0 Å². The van der Waals surface area contributed by atoms with Crippen molar-refractivity contribution in [3.63, 3.8) is 0 Å². The quantitative estimate of drug-likeness (QED) is 0.805. The second-order valence-corrected chi connectivity index (χ2v) is 4.90. The molecule has 1 aromatic rings. The summed E-state index contributed by atoms with van der Waals surface area (Å²) >= 11 is 11.5. The highest BCUT2D eigenvalue weighted by Crippen LogP contribution is 2.23. The van der Waals surface area contributed by atoms with Gasteiger partial charge in [-0.15, -0.1) is 0 Å². The zero-order valence-electron chi connectivity index (χ0n) is 10.00. The van der Waals surface area contributed by atoms with Crippen molar-refractivity contribution in [1.29, 1.82) is 0 Å². The third-order valence-electron chi connectivity index (χ3n) is 2.86. The van der Waals surface area contributed by atoms with E-state index in [1.807, 2.05) is 0 Å². The summed E-state index contributed by atoms with van der Waals surface area (Å²) in [6.07, 6.45) is 0.410. The molecule has 2 N–H and O–H groups in total. The van der Waals surface area contributed by atoms with Crippen molar-refractivity contribution in [2.75, 3.05) is 6.54 Å². The van der Waals surface area contributed by atoms with Crippen molar-refractivity contribution in [2.24, 2.45) is 0 Å². The van der Waals surface area contributed by atoms with E-state index >= 15 is 0 Å². The molecule has 2 rings (SSSR count). The minimum atomic E-state index is -0.675. The number of aromatic nitrogens is 1. The van der Waals surface area contributed by atoms with E-state index in [1.165, 1.54) is 11.0 Å². The summed E-state index contributed by atoms with van der Waals surface area (Å²) < 4.78 is 0. The number of nitrogens with zero attached hydrogens (tertiary/aromatic N) is 1. The zero-order chi connectivity index (χ0) is 14.2. The maximum atomic E-state index is 12.3. The lowest BCUT2D eigenvalue weighted by molar-refractivity contribution is -0.138. The zero-order valence-corrected chi connectivity index (χ0v) is 11.5. The molecule has 0 aromatic carbocycles. The number of halogens is 2. The first-order valence-corrected chi connectivity index (χ1v) is 6.38. The molecule has 1 atom stereocenters. The highest BCUT2D eigenvalue weighted by atomic mass is 35.5. The molecule has 0 bridgehead atoms. The van der Waals surface area contributed by atoms with Crippen molar-refractivity contribution in [2.45, 2.75) is 19.4 Å². The van der Waals surface area contributed by atoms with Gasteiger partial charge >= 0.3 is 0 Å². The highest BCUT2D eigenvalue weighted by Gasteiger charge is 2.36. The van der Waals surface area contributed by atoms with E-state index in [2.05, 4.69) is 10.3 Å². The fourth-order valence-electron chi connectivity index (χ4n) is 1.96. The predicted molar refractivity (Wildman–Crippen MR) is 69.1 cm³/mol. The Morgan fingerprint density at radius 3 is 2.68 bits per heavy atom. The molecule has 0 saturated carbocycles. The summed E-state index contributed by atoms with van der Waals surface area (Å²) in [6.45, 7) is 1.59. The smallest absolute Gasteiger partial charge is 0.271 e. The molecule has 0 aliphatic carbocycles. The average Bonchev–Trinajstić information content (AvgIpc) is 2.68. The van der Waals surface area contributed by atoms with Crippen LogP contribution in [-0.4, -0.2) is 40.2 Å². The molecule has 6 nitrogen and oxygen atoms in total. The van der Waals surface area contributed by atoms with Gasteiger partial charge in [-0.3, -0.25) is 19.7 Å². The van der Waals surface area contributed by atoms with Crippen LogP contribution in [0, 0.1) is 0 Å². The van der Waals surface area contributed by atoms with Gasteiger partial charge in [-0.2, -0.15) is 0 Å². The number of piperazine rings is 1. The minimum Gasteiger partial charge on any atom is -0.340 e. The molecule has 102 valence electrons. The number of imide groups is 1. The number of hydrogen-bond donors (Lipinski definition) is 2. The summed E-state index contributed by atoms with van der Waals surface area (Å²) in [7, 11) is 0. The number of carbonyl (C=O) groups excluding carboxylic acids is 3. The number of H-pyrrole nitrogens is 1. The Labute approximate surface area is 119 Å². The van der Waals surface area contributed by atoms with Gasteiger partial charge in [-0.1, -0.05) is 30.1 Å². The van der Waals surface area contributed by atoms with E-state index in [-0.39, 0.29) is 22.4 Å². The Balaban J connectivity index is 2.29. The highest BCUT2D eigenvalue weighted by molar-refractivity contribution is 6.41. The molecule has 3 amide bonds. The van der Waals surface area contributed by atoms with Crippen molar-refractivity contribution < 1.29 is 14.4 Å². The van der Waals surface area contributed by atoms with Gasteiger partial charge in [0.25, 0.3) is 5.91 Å². The monoisotopic (exact) mass is 303 g/mol. The number of nitrogens with one attached hydrogen (secondary N) is 2. The van der Waals surface area contributed by atoms with Crippen LogP contribution in [0.15, 0.2) is 6.07 Å². The van der Waals surface area contributed by atoms with Gasteiger partial charge < -0.3 is 9.88 Å². The summed E-state index contributed by atoms with van der Waals surface area (Å²) in [6, 6.07) is 0.696. The van der Waals surface area contributed by atoms with Crippen LogP contribution in [0.3, 0.4) is 0 Å². The maximum Gasteiger partial charge on any atom is 0.271 e. The predicted octanol–water partition coefficient (Wildman–Crippen LogP) is 1.20. The van der Waals surface area contributed by atoms with Crippen molar-refractivity contribution in [3.8, 4) is 0 Å². The molecule has 1 aliphatic heterocycles. The van der Waals surface area contributed by atoms with Crippen molar-refractivity contribution in [1.82, 2.24) is 15.2 Å². The van der Waals surface area contributed by atoms with Crippen LogP contribution in [-0.2, 0) is 9.59 Å². The molecule has 19 heavy (non-hydrogen) atoms. The molecule has 1 unspecified atom stereocenters. The topological polar surface area (TPSA) is 82.3 Å². The first-order chi connectivity index (χ1) is 8.93. The van der Waals surface area contributed by atoms with Crippen LogP contribution in [0.4, 0.5) is 0 Å². The van der Waals surface area contributed by atoms with E-state index in [9.17, 15) is 14.4 Å². The molecule has 0 radical (unpaired) electrons. The Hall–Kier alpha value is -1.53. The van der Waals surface area contributed by atoms with E-state index < -0.39 is 23.8 Å². The Morgan fingerprint density at radius 2 is 2.16 bits per heavy atom. The Bertz CT molecular complexity index is 536. The molecule has 2 heterocycles. The van der Waals surface area contributed by atoms with E-state index in [4.69, 9.17) is 23.2 Å². The average molecular weight is 304 g/mol. The molecule has 1 saturated heterocycles. The van der Waals surface area contributed by atoms with Gasteiger partial charge in [0.2, 0.25) is 11.8 Å². The molecule has 8 heteroatoms. The van der Waals surface area contributed by atoms with Crippen LogP contribution >= 0.6 is 23.2 Å². The first kappa shape index (κ1) is 13.9. The second-order valence-electron chi connectivity index (χ2n) is 4.11. The van der Waals surface area contributed by atoms with Gasteiger partial charge in [0.15, 0.2) is 0 Å². The Morgan fingerprint density at radius 1 is 1.47 bits per heavy atom. The molecule has 1 fully saturated rings. The fourth-order valence-corrected chi connectivity index (χ4v) is 2.27. The second kappa shape index (κ2) is 5.22. The fraction of sp³-hybridized carbons (Fsp3) is 0.364. The summed E-state index contributed by atoms with van der Waals surface area (Å²) in [4.78, 5) is 39.1. The van der Waals surface area contributed by atoms with Crippen LogP contribution < -0.4 is 5.32 Å². The number of aromatic amines is 1. The van der Waals surface area contributed by atoms with Gasteiger partial charge in [-0.25, -0.2) is 0 Å². The van der Waals surface area contributed by atoms with Crippen LogP contribution in [0.5, 0.6) is 0 Å². The van der Waals surface area contributed by atoms with Gasteiger partial charge in [-0.05, 0) is 12.5 Å². The molecular formula is C11H11Cl2N3O3. The largest absolute Gasteiger partial charge is 0.340 e. The third-order valence-corrected chi connectivity index (χ3v) is 3.55. The maximum absolute atomic E-state index is 12.3. The first-order valence-electron chi connectivity index (χ1n) is 5.62. The molecule has 1 aliphatic rings. The van der Waals surface area contributed by atoms with Crippen LogP contribution in [0.2, 0.25) is 10.2 Å². The number of amides is 3. The van der Waals surface area contributed by atoms with Crippen LogP contribution in [0.25, 0.3) is 0 Å². The van der Waals surface area contributed by atoms with Crippen LogP contribution in [0.1, 0.15) is 23.8 Å². The Kier molecular flexibility index (Phi) is 3.82. The van der Waals surface area contributed by atoms with E-state index in [1.54, 1.807) is 6.92 Å². The van der Waals surface area contributed by atoms with Crippen molar-refractivity contribution >= 4 is 40.9 Å². The van der Waals surface area contributed by atoms with E-state index in [0.29, 0.717) is 6.42 Å². The minimum absolute atomic E-state index is 0.144. The third kappa shape index (κ3) is 2.59. The summed E-state index contributed by atoms with van der Waals surface area (Å²) in [5.41, 5.74) is 0.149. The molecule has 0 spiro atoms. The van der Waals surface area contributed by atoms with E-state index in [0.717, 1.165) is 0 Å². The summed E-state index contributed by atoms with van der Waals surface area (Å²) in [5, 5.41) is 2.56. The lowest BCUT2D eigenvalue weighted by Gasteiger charge is -2.33. The lowest BCUT2D eigenvalue weighted by Crippen LogP contribution is -2.59. The standard InChI is InChI=1S/C11H11Cl2N3O3/c1-2-7-10(18)15-8(17)4-16(7)11(19)6-3-5(12)9(13)14-6/h3,7,14H,2,4H2,1H3,(H,15,17,18). The van der Waals surface area contributed by atoms with Gasteiger partial charge in [0.05, 0.1) is 5.02 Å². The SMILES string of the molecule is CCC1C(=O)NC(=O)CN1C(=O)c1cc(Cl)c(Cl)[nH]1. The molecule has 1 aromatic heterocycles. The van der Waals surface area contributed by atoms with Gasteiger partial charge in [0.1, 0.15) is 23.4 Å². The number of carbonyl (C=O) groups is 3.